The number of rotatable bonds is 2. The molecule has 0 N–H and O–H groups in total. The monoisotopic (exact) mass is 242 g/mol. The summed E-state index contributed by atoms with van der Waals surface area (Å²) in [5.41, 5.74) is 2.77. The molecule has 1 aliphatic rings. The second-order valence-corrected chi connectivity index (χ2v) is 6.03. The van der Waals surface area contributed by atoms with E-state index in [1.54, 1.807) is 0 Å². The van der Waals surface area contributed by atoms with Crippen molar-refractivity contribution >= 4 is 5.69 Å². The molecule has 2 heteroatoms. The maximum absolute atomic E-state index is 8.87. The summed E-state index contributed by atoms with van der Waals surface area (Å²) in [5, 5.41) is 8.87. The summed E-state index contributed by atoms with van der Waals surface area (Å²) in [4.78, 5) is 2.47. The fourth-order valence-corrected chi connectivity index (χ4v) is 2.76. The van der Waals surface area contributed by atoms with Crippen molar-refractivity contribution in [2.75, 3.05) is 11.4 Å². The van der Waals surface area contributed by atoms with Crippen molar-refractivity contribution in [3.63, 3.8) is 0 Å². The van der Waals surface area contributed by atoms with Crippen LogP contribution in [0, 0.1) is 24.2 Å². The van der Waals surface area contributed by atoms with Crippen LogP contribution in [0.2, 0.25) is 0 Å². The van der Waals surface area contributed by atoms with Gasteiger partial charge in [-0.1, -0.05) is 17.7 Å². The SMILES string of the molecule is Cc1ccc(N2CC(CC#N)CCC2(C)C)cc1. The highest BCUT2D eigenvalue weighted by atomic mass is 15.2. The molecule has 0 saturated carbocycles. The van der Waals surface area contributed by atoms with Crippen LogP contribution in [-0.2, 0) is 0 Å². The first-order valence-electron chi connectivity index (χ1n) is 6.74. The van der Waals surface area contributed by atoms with Crippen molar-refractivity contribution in [3.8, 4) is 6.07 Å². The van der Waals surface area contributed by atoms with Gasteiger partial charge in [0.2, 0.25) is 0 Å². The zero-order valence-electron chi connectivity index (χ0n) is 11.6. The Bertz CT molecular complexity index is 439. The highest BCUT2D eigenvalue weighted by Crippen LogP contribution is 2.35. The minimum atomic E-state index is 0.196. The number of hydrogen-bond acceptors (Lipinski definition) is 2. The number of benzene rings is 1. The Morgan fingerprint density at radius 3 is 2.61 bits per heavy atom. The largest absolute Gasteiger partial charge is 0.366 e. The van der Waals surface area contributed by atoms with Crippen LogP contribution in [0.3, 0.4) is 0 Å². The molecule has 0 spiro atoms. The summed E-state index contributed by atoms with van der Waals surface area (Å²) >= 11 is 0. The summed E-state index contributed by atoms with van der Waals surface area (Å²) in [7, 11) is 0. The molecule has 1 fully saturated rings. The topological polar surface area (TPSA) is 27.0 Å². The zero-order chi connectivity index (χ0) is 13.2. The predicted molar refractivity (Wildman–Crippen MR) is 75.6 cm³/mol. The van der Waals surface area contributed by atoms with Gasteiger partial charge in [-0.15, -0.1) is 0 Å². The number of nitriles is 1. The standard InChI is InChI=1S/C16H22N2/c1-13-4-6-15(7-5-13)18-12-14(9-11-17)8-10-16(18,2)3/h4-7,14H,8-10,12H2,1-3H3. The van der Waals surface area contributed by atoms with Crippen molar-refractivity contribution in [1.29, 1.82) is 5.26 Å². The van der Waals surface area contributed by atoms with Gasteiger partial charge in [0.15, 0.2) is 0 Å². The van der Waals surface area contributed by atoms with Crippen LogP contribution in [0.25, 0.3) is 0 Å². The molecule has 0 bridgehead atoms. The zero-order valence-corrected chi connectivity index (χ0v) is 11.6. The maximum atomic E-state index is 8.87. The Morgan fingerprint density at radius 1 is 1.33 bits per heavy atom. The van der Waals surface area contributed by atoms with E-state index in [1.807, 2.05) is 0 Å². The Kier molecular flexibility index (Phi) is 3.61. The molecule has 1 unspecified atom stereocenters. The van der Waals surface area contributed by atoms with Crippen LogP contribution in [0.1, 0.15) is 38.7 Å². The highest BCUT2D eigenvalue weighted by molar-refractivity contribution is 5.50. The van der Waals surface area contributed by atoms with E-state index in [4.69, 9.17) is 5.26 Å². The molecule has 1 aromatic carbocycles. The summed E-state index contributed by atoms with van der Waals surface area (Å²) < 4.78 is 0. The van der Waals surface area contributed by atoms with Crippen LogP contribution in [0.5, 0.6) is 0 Å². The fourth-order valence-electron chi connectivity index (χ4n) is 2.76. The number of nitrogens with zero attached hydrogens (tertiary/aromatic N) is 2. The quantitative estimate of drug-likeness (QED) is 0.786. The molecule has 0 aliphatic carbocycles. The van der Waals surface area contributed by atoms with Gasteiger partial charge < -0.3 is 4.90 Å². The number of aryl methyl sites for hydroxylation is 1. The Hall–Kier alpha value is -1.49. The Morgan fingerprint density at radius 2 is 2.00 bits per heavy atom. The normalized spacial score (nSPS) is 22.6. The second kappa shape index (κ2) is 5.02. The molecule has 1 heterocycles. The van der Waals surface area contributed by atoms with E-state index in [9.17, 15) is 0 Å². The lowest BCUT2D eigenvalue weighted by molar-refractivity contribution is 0.293. The average molecular weight is 242 g/mol. The molecule has 1 saturated heterocycles. The van der Waals surface area contributed by atoms with Crippen LogP contribution < -0.4 is 4.90 Å². The third kappa shape index (κ3) is 2.67. The van der Waals surface area contributed by atoms with E-state index in [0.717, 1.165) is 13.0 Å². The third-order valence-electron chi connectivity index (χ3n) is 4.06. The summed E-state index contributed by atoms with van der Waals surface area (Å²) in [6.45, 7) is 7.72. The summed E-state index contributed by atoms with van der Waals surface area (Å²) in [6.07, 6.45) is 3.01. The number of piperidine rings is 1. The molecule has 1 aromatic rings. The van der Waals surface area contributed by atoms with Crippen molar-refractivity contribution in [2.24, 2.45) is 5.92 Å². The van der Waals surface area contributed by atoms with E-state index in [2.05, 4.69) is 56.0 Å². The summed E-state index contributed by atoms with van der Waals surface area (Å²) in [6, 6.07) is 11.1. The van der Waals surface area contributed by atoms with E-state index in [1.165, 1.54) is 17.7 Å². The lowest BCUT2D eigenvalue weighted by Gasteiger charge is -2.47. The molecule has 0 radical (unpaired) electrons. The lowest BCUT2D eigenvalue weighted by Crippen LogP contribution is -2.50. The van der Waals surface area contributed by atoms with Gasteiger partial charge in [-0.3, -0.25) is 0 Å². The van der Waals surface area contributed by atoms with Crippen LogP contribution >= 0.6 is 0 Å². The first kappa shape index (κ1) is 13.0. The Balaban J connectivity index is 2.22. The van der Waals surface area contributed by atoms with Gasteiger partial charge in [-0.2, -0.15) is 5.26 Å². The predicted octanol–water partition coefficient (Wildman–Crippen LogP) is 3.90. The average Bonchev–Trinajstić information content (AvgIpc) is 2.33. The molecule has 2 nitrogen and oxygen atoms in total. The third-order valence-corrected chi connectivity index (χ3v) is 4.06. The van der Waals surface area contributed by atoms with E-state index >= 15 is 0 Å². The lowest BCUT2D eigenvalue weighted by atomic mass is 9.83. The van der Waals surface area contributed by atoms with Gasteiger partial charge in [0.25, 0.3) is 0 Å². The minimum Gasteiger partial charge on any atom is -0.366 e. The first-order chi connectivity index (χ1) is 8.53. The second-order valence-electron chi connectivity index (χ2n) is 6.03. The van der Waals surface area contributed by atoms with Gasteiger partial charge in [0.1, 0.15) is 0 Å². The van der Waals surface area contributed by atoms with Crippen molar-refractivity contribution in [3.05, 3.63) is 29.8 Å². The fraction of sp³-hybridized carbons (Fsp3) is 0.562. The maximum Gasteiger partial charge on any atom is 0.0625 e. The van der Waals surface area contributed by atoms with E-state index in [0.29, 0.717) is 12.3 Å². The van der Waals surface area contributed by atoms with Gasteiger partial charge in [0.05, 0.1) is 6.07 Å². The highest BCUT2D eigenvalue weighted by Gasteiger charge is 2.34. The molecule has 1 aliphatic heterocycles. The minimum absolute atomic E-state index is 0.196. The van der Waals surface area contributed by atoms with Gasteiger partial charge >= 0.3 is 0 Å². The van der Waals surface area contributed by atoms with Crippen LogP contribution in [-0.4, -0.2) is 12.1 Å². The molecule has 0 aromatic heterocycles. The molecule has 96 valence electrons. The number of anilines is 1. The molecular formula is C16H22N2. The van der Waals surface area contributed by atoms with Crippen molar-refractivity contribution in [2.45, 2.75) is 45.6 Å². The molecule has 1 atom stereocenters. The molecule has 2 rings (SSSR count). The van der Waals surface area contributed by atoms with Crippen LogP contribution in [0.15, 0.2) is 24.3 Å². The number of hydrogen-bond donors (Lipinski definition) is 0. The van der Waals surface area contributed by atoms with Gasteiger partial charge in [-0.25, -0.2) is 0 Å². The summed E-state index contributed by atoms with van der Waals surface area (Å²) in [5.74, 6) is 0.518. The van der Waals surface area contributed by atoms with Gasteiger partial charge in [0, 0.05) is 24.2 Å². The Labute approximate surface area is 110 Å². The van der Waals surface area contributed by atoms with E-state index < -0.39 is 0 Å². The molecular weight excluding hydrogens is 220 g/mol. The smallest absolute Gasteiger partial charge is 0.0625 e. The van der Waals surface area contributed by atoms with Crippen molar-refractivity contribution in [1.82, 2.24) is 0 Å². The van der Waals surface area contributed by atoms with Crippen molar-refractivity contribution < 1.29 is 0 Å². The molecule has 18 heavy (non-hydrogen) atoms. The van der Waals surface area contributed by atoms with E-state index in [-0.39, 0.29) is 5.54 Å². The molecule has 0 amide bonds. The van der Waals surface area contributed by atoms with Gasteiger partial charge in [-0.05, 0) is 51.7 Å². The first-order valence-corrected chi connectivity index (χ1v) is 6.74. The van der Waals surface area contributed by atoms with Crippen LogP contribution in [0.4, 0.5) is 5.69 Å².